The molecule has 0 aliphatic carbocycles. The van der Waals surface area contributed by atoms with Crippen LogP contribution in [-0.4, -0.2) is 21.8 Å². The van der Waals surface area contributed by atoms with Crippen LogP contribution < -0.4 is 10.6 Å². The van der Waals surface area contributed by atoms with Crippen molar-refractivity contribution in [2.75, 3.05) is 10.6 Å². The number of hydrogen-bond donors (Lipinski definition) is 2. The van der Waals surface area contributed by atoms with Gasteiger partial charge in [0.15, 0.2) is 0 Å². The topological polar surface area (TPSA) is 84.0 Å². The van der Waals surface area contributed by atoms with Gasteiger partial charge in [-0.15, -0.1) is 0 Å². The molecule has 3 aromatic carbocycles. The summed E-state index contributed by atoms with van der Waals surface area (Å²) >= 11 is 0. The largest absolute Gasteiger partial charge is 0.322 e. The Labute approximate surface area is 167 Å². The maximum Gasteiger partial charge on any atom is 0.275 e. The molecule has 4 rings (SSSR count). The minimum atomic E-state index is -0.431. The summed E-state index contributed by atoms with van der Waals surface area (Å²) in [5.74, 6) is -0.741. The highest BCUT2D eigenvalue weighted by atomic mass is 16.2. The molecule has 1 aromatic heterocycles. The molecule has 6 heteroatoms. The van der Waals surface area contributed by atoms with Crippen molar-refractivity contribution in [1.29, 1.82) is 0 Å². The fourth-order valence-electron chi connectivity index (χ4n) is 2.96. The molecule has 2 amide bonds. The fourth-order valence-corrected chi connectivity index (χ4v) is 2.96. The molecule has 0 spiro atoms. The van der Waals surface area contributed by atoms with E-state index in [0.29, 0.717) is 28.0 Å². The minimum Gasteiger partial charge on any atom is -0.322 e. The average Bonchev–Trinajstić information content (AvgIpc) is 2.73. The first-order chi connectivity index (χ1) is 14.1. The SMILES string of the molecule is Cc1cccc(NC(=O)c2ccccc2NC(=O)c2cnc3ccccc3n2)c1. The van der Waals surface area contributed by atoms with Crippen molar-refractivity contribution in [2.24, 2.45) is 0 Å². The number of nitrogens with one attached hydrogen (secondary N) is 2. The van der Waals surface area contributed by atoms with Crippen molar-refractivity contribution >= 4 is 34.2 Å². The van der Waals surface area contributed by atoms with E-state index >= 15 is 0 Å². The summed E-state index contributed by atoms with van der Waals surface area (Å²) in [6, 6.07) is 21.7. The second-order valence-electron chi connectivity index (χ2n) is 6.57. The first-order valence-corrected chi connectivity index (χ1v) is 9.10. The molecule has 0 aliphatic heterocycles. The number of nitrogens with zero attached hydrogens (tertiary/aromatic N) is 2. The predicted octanol–water partition coefficient (Wildman–Crippen LogP) is 4.44. The van der Waals surface area contributed by atoms with Gasteiger partial charge in [0.25, 0.3) is 11.8 Å². The third-order valence-electron chi connectivity index (χ3n) is 4.38. The zero-order valence-corrected chi connectivity index (χ0v) is 15.7. The van der Waals surface area contributed by atoms with E-state index in [1.807, 2.05) is 49.4 Å². The molecule has 6 nitrogen and oxygen atoms in total. The number of anilines is 2. The van der Waals surface area contributed by atoms with Crippen LogP contribution in [0.1, 0.15) is 26.4 Å². The summed E-state index contributed by atoms with van der Waals surface area (Å²) < 4.78 is 0. The number of para-hydroxylation sites is 3. The number of amides is 2. The van der Waals surface area contributed by atoms with Gasteiger partial charge in [-0.1, -0.05) is 36.4 Å². The van der Waals surface area contributed by atoms with Crippen LogP contribution >= 0.6 is 0 Å². The Morgan fingerprint density at radius 3 is 2.38 bits per heavy atom. The highest BCUT2D eigenvalue weighted by Crippen LogP contribution is 2.19. The molecule has 0 saturated carbocycles. The van der Waals surface area contributed by atoms with Gasteiger partial charge < -0.3 is 10.6 Å². The van der Waals surface area contributed by atoms with Crippen LogP contribution in [0.25, 0.3) is 11.0 Å². The number of aryl methyl sites for hydroxylation is 1. The van der Waals surface area contributed by atoms with Crippen LogP contribution in [0.15, 0.2) is 79.0 Å². The summed E-state index contributed by atoms with van der Waals surface area (Å²) in [6.45, 7) is 1.95. The smallest absolute Gasteiger partial charge is 0.275 e. The van der Waals surface area contributed by atoms with Gasteiger partial charge in [-0.2, -0.15) is 0 Å². The Hall–Kier alpha value is -4.06. The summed E-state index contributed by atoms with van der Waals surface area (Å²) in [5.41, 5.74) is 4.01. The molecule has 2 N–H and O–H groups in total. The maximum absolute atomic E-state index is 12.7. The number of fused-ring (bicyclic) bond motifs is 1. The second-order valence-corrected chi connectivity index (χ2v) is 6.57. The molecule has 0 fully saturated rings. The van der Waals surface area contributed by atoms with Crippen molar-refractivity contribution < 1.29 is 9.59 Å². The first kappa shape index (κ1) is 18.3. The Bertz CT molecular complexity index is 1220. The van der Waals surface area contributed by atoms with Gasteiger partial charge in [-0.05, 0) is 48.9 Å². The van der Waals surface area contributed by atoms with Gasteiger partial charge in [0.2, 0.25) is 0 Å². The molecular weight excluding hydrogens is 364 g/mol. The first-order valence-electron chi connectivity index (χ1n) is 9.10. The quantitative estimate of drug-likeness (QED) is 0.546. The maximum atomic E-state index is 12.7. The van der Waals surface area contributed by atoms with Gasteiger partial charge >= 0.3 is 0 Å². The lowest BCUT2D eigenvalue weighted by molar-refractivity contribution is 0.102. The molecule has 0 aliphatic rings. The highest BCUT2D eigenvalue weighted by Gasteiger charge is 2.15. The zero-order valence-electron chi connectivity index (χ0n) is 15.7. The Morgan fingerprint density at radius 2 is 1.55 bits per heavy atom. The van der Waals surface area contributed by atoms with E-state index < -0.39 is 5.91 Å². The van der Waals surface area contributed by atoms with Crippen LogP contribution in [0.5, 0.6) is 0 Å². The third kappa shape index (κ3) is 4.11. The fraction of sp³-hybridized carbons (Fsp3) is 0.0435. The second kappa shape index (κ2) is 7.90. The molecule has 0 unspecified atom stereocenters. The van der Waals surface area contributed by atoms with E-state index in [2.05, 4.69) is 20.6 Å². The normalized spacial score (nSPS) is 10.5. The van der Waals surface area contributed by atoms with Crippen LogP contribution in [-0.2, 0) is 0 Å². The van der Waals surface area contributed by atoms with Crippen molar-refractivity contribution in [1.82, 2.24) is 9.97 Å². The minimum absolute atomic E-state index is 0.178. The number of carbonyl (C=O) groups is 2. The zero-order chi connectivity index (χ0) is 20.2. The molecule has 142 valence electrons. The molecule has 29 heavy (non-hydrogen) atoms. The summed E-state index contributed by atoms with van der Waals surface area (Å²) in [5, 5.41) is 5.63. The molecule has 0 saturated heterocycles. The summed E-state index contributed by atoms with van der Waals surface area (Å²) in [7, 11) is 0. The van der Waals surface area contributed by atoms with Crippen LogP contribution in [0.4, 0.5) is 11.4 Å². The third-order valence-corrected chi connectivity index (χ3v) is 4.38. The van der Waals surface area contributed by atoms with E-state index in [4.69, 9.17) is 0 Å². The van der Waals surface area contributed by atoms with E-state index in [1.165, 1.54) is 6.20 Å². The van der Waals surface area contributed by atoms with E-state index in [0.717, 1.165) is 5.56 Å². The standard InChI is InChI=1S/C23H18N4O2/c1-15-7-6-8-16(13-15)25-22(28)17-9-2-3-10-18(17)27-23(29)21-14-24-19-11-4-5-12-20(19)26-21/h2-14H,1H3,(H,25,28)(H,27,29). The summed E-state index contributed by atoms with van der Waals surface area (Å²) in [6.07, 6.45) is 1.42. The number of hydrogen-bond acceptors (Lipinski definition) is 4. The van der Waals surface area contributed by atoms with Gasteiger partial charge in [-0.25, -0.2) is 4.98 Å². The van der Waals surface area contributed by atoms with E-state index in [-0.39, 0.29) is 11.6 Å². The number of carbonyl (C=O) groups excluding carboxylic acids is 2. The molecule has 1 heterocycles. The molecular formula is C23H18N4O2. The van der Waals surface area contributed by atoms with Crippen LogP contribution in [0.2, 0.25) is 0 Å². The van der Waals surface area contributed by atoms with Crippen molar-refractivity contribution in [3.8, 4) is 0 Å². The Balaban J connectivity index is 1.57. The predicted molar refractivity (Wildman–Crippen MR) is 113 cm³/mol. The van der Waals surface area contributed by atoms with Gasteiger partial charge in [0.05, 0.1) is 28.5 Å². The van der Waals surface area contributed by atoms with Crippen LogP contribution in [0.3, 0.4) is 0 Å². The van der Waals surface area contributed by atoms with Gasteiger partial charge in [0.1, 0.15) is 5.69 Å². The summed E-state index contributed by atoms with van der Waals surface area (Å²) in [4.78, 5) is 34.0. The molecule has 0 bridgehead atoms. The molecule has 0 atom stereocenters. The number of aromatic nitrogens is 2. The molecule has 4 aromatic rings. The lowest BCUT2D eigenvalue weighted by Gasteiger charge is -2.12. The van der Waals surface area contributed by atoms with Crippen molar-refractivity contribution in [2.45, 2.75) is 6.92 Å². The monoisotopic (exact) mass is 382 g/mol. The lowest BCUT2D eigenvalue weighted by atomic mass is 10.1. The lowest BCUT2D eigenvalue weighted by Crippen LogP contribution is -2.19. The Kier molecular flexibility index (Phi) is 4.99. The highest BCUT2D eigenvalue weighted by molar-refractivity contribution is 6.12. The Morgan fingerprint density at radius 1 is 0.793 bits per heavy atom. The van der Waals surface area contributed by atoms with Crippen molar-refractivity contribution in [3.05, 3.63) is 95.8 Å². The van der Waals surface area contributed by atoms with E-state index in [9.17, 15) is 9.59 Å². The molecule has 0 radical (unpaired) electrons. The van der Waals surface area contributed by atoms with E-state index in [1.54, 1.807) is 30.3 Å². The average molecular weight is 382 g/mol. The number of rotatable bonds is 4. The van der Waals surface area contributed by atoms with Gasteiger partial charge in [-0.3, -0.25) is 14.6 Å². The van der Waals surface area contributed by atoms with Gasteiger partial charge in [0, 0.05) is 5.69 Å². The van der Waals surface area contributed by atoms with Crippen molar-refractivity contribution in [3.63, 3.8) is 0 Å². The number of benzene rings is 3. The van der Waals surface area contributed by atoms with Crippen LogP contribution in [0, 0.1) is 6.92 Å².